The van der Waals surface area contributed by atoms with Crippen molar-refractivity contribution in [1.29, 1.82) is 0 Å². The zero-order valence-corrected chi connectivity index (χ0v) is 15.3. The topological polar surface area (TPSA) is 32.3 Å². The molecule has 3 nitrogen and oxygen atoms in total. The summed E-state index contributed by atoms with van der Waals surface area (Å²) in [4.78, 5) is 16.1. The third-order valence-corrected chi connectivity index (χ3v) is 6.01. The summed E-state index contributed by atoms with van der Waals surface area (Å²) in [5, 5.41) is 3.61. The SMILES string of the molecule is CC[C@@H]1CN(CC(=O)Nc2cccc(C)c2C)c2ccccc2S1. The molecule has 0 aliphatic carbocycles. The molecule has 0 radical (unpaired) electrons. The first-order chi connectivity index (χ1) is 11.6. The van der Waals surface area contributed by atoms with Crippen LogP contribution in [0.5, 0.6) is 0 Å². The molecular weight excluding hydrogens is 316 g/mol. The van der Waals surface area contributed by atoms with Gasteiger partial charge in [-0.2, -0.15) is 0 Å². The summed E-state index contributed by atoms with van der Waals surface area (Å²) in [5.41, 5.74) is 4.40. The van der Waals surface area contributed by atoms with Crippen molar-refractivity contribution < 1.29 is 4.79 Å². The lowest BCUT2D eigenvalue weighted by atomic mass is 10.1. The standard InChI is InChI=1S/C20H24N2OS/c1-4-16-12-22(18-10-5-6-11-19(18)24-16)13-20(23)21-17-9-7-8-14(2)15(17)3/h5-11,16H,4,12-13H2,1-3H3,(H,21,23)/t16-/m1/s1. The molecule has 1 heterocycles. The van der Waals surface area contributed by atoms with E-state index in [1.807, 2.05) is 36.9 Å². The molecule has 1 amide bonds. The molecule has 1 atom stereocenters. The van der Waals surface area contributed by atoms with Crippen LogP contribution >= 0.6 is 11.8 Å². The van der Waals surface area contributed by atoms with Crippen molar-refractivity contribution in [2.75, 3.05) is 23.3 Å². The highest BCUT2D eigenvalue weighted by Gasteiger charge is 2.25. The number of carbonyl (C=O) groups is 1. The zero-order valence-electron chi connectivity index (χ0n) is 14.5. The van der Waals surface area contributed by atoms with E-state index >= 15 is 0 Å². The Labute approximate surface area is 148 Å². The van der Waals surface area contributed by atoms with E-state index in [0.717, 1.165) is 24.2 Å². The van der Waals surface area contributed by atoms with E-state index in [0.29, 0.717) is 11.8 Å². The Morgan fingerprint density at radius 2 is 2.00 bits per heavy atom. The number of hydrogen-bond donors (Lipinski definition) is 1. The second-order valence-corrected chi connectivity index (χ2v) is 7.63. The monoisotopic (exact) mass is 340 g/mol. The Bertz CT molecular complexity index is 744. The molecule has 0 aromatic heterocycles. The van der Waals surface area contributed by atoms with Crippen LogP contribution in [-0.4, -0.2) is 24.2 Å². The van der Waals surface area contributed by atoms with Crippen molar-refractivity contribution in [3.63, 3.8) is 0 Å². The van der Waals surface area contributed by atoms with Crippen LogP contribution in [0.1, 0.15) is 24.5 Å². The minimum Gasteiger partial charge on any atom is -0.360 e. The summed E-state index contributed by atoms with van der Waals surface area (Å²) < 4.78 is 0. The molecule has 126 valence electrons. The van der Waals surface area contributed by atoms with Gasteiger partial charge < -0.3 is 10.2 Å². The summed E-state index contributed by atoms with van der Waals surface area (Å²) >= 11 is 1.92. The second-order valence-electron chi connectivity index (χ2n) is 6.29. The molecule has 3 rings (SSSR count). The fourth-order valence-electron chi connectivity index (χ4n) is 2.99. The molecule has 2 aromatic rings. The van der Waals surface area contributed by atoms with E-state index < -0.39 is 0 Å². The molecule has 0 saturated carbocycles. The normalized spacial score (nSPS) is 16.6. The minimum atomic E-state index is 0.0419. The third kappa shape index (κ3) is 3.59. The van der Waals surface area contributed by atoms with Crippen LogP contribution in [0.25, 0.3) is 0 Å². The van der Waals surface area contributed by atoms with Gasteiger partial charge in [0.15, 0.2) is 0 Å². The van der Waals surface area contributed by atoms with Gasteiger partial charge >= 0.3 is 0 Å². The first-order valence-corrected chi connectivity index (χ1v) is 9.33. The summed E-state index contributed by atoms with van der Waals surface area (Å²) in [7, 11) is 0. The number of carbonyl (C=O) groups excluding carboxylic acids is 1. The van der Waals surface area contributed by atoms with Crippen molar-refractivity contribution in [2.24, 2.45) is 0 Å². The van der Waals surface area contributed by atoms with E-state index in [9.17, 15) is 4.79 Å². The largest absolute Gasteiger partial charge is 0.360 e. The molecule has 0 unspecified atom stereocenters. The van der Waals surface area contributed by atoms with Crippen molar-refractivity contribution in [2.45, 2.75) is 37.3 Å². The lowest BCUT2D eigenvalue weighted by molar-refractivity contribution is -0.115. The Hall–Kier alpha value is -1.94. The van der Waals surface area contributed by atoms with Gasteiger partial charge in [-0.3, -0.25) is 4.79 Å². The van der Waals surface area contributed by atoms with Crippen LogP contribution in [0, 0.1) is 13.8 Å². The van der Waals surface area contributed by atoms with Gasteiger partial charge in [-0.15, -0.1) is 11.8 Å². The summed E-state index contributed by atoms with van der Waals surface area (Å²) in [6.45, 7) is 7.62. The van der Waals surface area contributed by atoms with Gasteiger partial charge in [0, 0.05) is 22.4 Å². The average molecular weight is 340 g/mol. The van der Waals surface area contributed by atoms with Crippen molar-refractivity contribution in [3.8, 4) is 0 Å². The molecule has 4 heteroatoms. The third-order valence-electron chi connectivity index (χ3n) is 4.59. The van der Waals surface area contributed by atoms with Crippen molar-refractivity contribution >= 4 is 29.0 Å². The predicted molar refractivity (Wildman–Crippen MR) is 103 cm³/mol. The van der Waals surface area contributed by atoms with Crippen molar-refractivity contribution in [3.05, 3.63) is 53.6 Å². The molecule has 0 fully saturated rings. The number of amides is 1. The molecule has 1 aliphatic rings. The number of aryl methyl sites for hydroxylation is 1. The predicted octanol–water partition coefficient (Wildman–Crippen LogP) is 4.63. The zero-order chi connectivity index (χ0) is 17.1. The smallest absolute Gasteiger partial charge is 0.243 e. The molecule has 0 bridgehead atoms. The Kier molecular flexibility index (Phi) is 5.14. The molecule has 0 saturated heterocycles. The maximum absolute atomic E-state index is 12.6. The molecule has 24 heavy (non-hydrogen) atoms. The maximum Gasteiger partial charge on any atom is 0.243 e. The summed E-state index contributed by atoms with van der Waals surface area (Å²) in [5.74, 6) is 0.0419. The number of anilines is 2. The summed E-state index contributed by atoms with van der Waals surface area (Å²) in [6, 6.07) is 14.4. The van der Waals surface area contributed by atoms with E-state index in [1.165, 1.54) is 16.1 Å². The molecule has 0 spiro atoms. The van der Waals surface area contributed by atoms with Gasteiger partial charge in [-0.05, 0) is 49.6 Å². The molecule has 1 aliphatic heterocycles. The number of rotatable bonds is 4. The number of benzene rings is 2. The number of hydrogen-bond acceptors (Lipinski definition) is 3. The van der Waals surface area contributed by atoms with Crippen LogP contribution < -0.4 is 10.2 Å². The Morgan fingerprint density at radius 1 is 1.21 bits per heavy atom. The highest BCUT2D eigenvalue weighted by Crippen LogP contribution is 2.39. The highest BCUT2D eigenvalue weighted by molar-refractivity contribution is 8.00. The van der Waals surface area contributed by atoms with Crippen LogP contribution in [0.2, 0.25) is 0 Å². The van der Waals surface area contributed by atoms with Crippen molar-refractivity contribution in [1.82, 2.24) is 0 Å². The minimum absolute atomic E-state index is 0.0419. The van der Waals surface area contributed by atoms with Crippen LogP contribution in [-0.2, 0) is 4.79 Å². The van der Waals surface area contributed by atoms with Crippen LogP contribution in [0.4, 0.5) is 11.4 Å². The fourth-order valence-corrected chi connectivity index (χ4v) is 4.25. The van der Waals surface area contributed by atoms with Gasteiger partial charge in [-0.25, -0.2) is 0 Å². The second kappa shape index (κ2) is 7.31. The average Bonchev–Trinajstić information content (AvgIpc) is 2.58. The molecule has 2 aromatic carbocycles. The van der Waals surface area contributed by atoms with Crippen LogP contribution in [0.15, 0.2) is 47.4 Å². The molecular formula is C20H24N2OS. The van der Waals surface area contributed by atoms with Gasteiger partial charge in [0.25, 0.3) is 0 Å². The van der Waals surface area contributed by atoms with E-state index in [4.69, 9.17) is 0 Å². The highest BCUT2D eigenvalue weighted by atomic mass is 32.2. The maximum atomic E-state index is 12.6. The lowest BCUT2D eigenvalue weighted by Crippen LogP contribution is -2.40. The van der Waals surface area contributed by atoms with Gasteiger partial charge in [0.05, 0.1) is 12.2 Å². The Balaban J connectivity index is 1.75. The Morgan fingerprint density at radius 3 is 2.79 bits per heavy atom. The molecule has 1 N–H and O–H groups in total. The number of fused-ring (bicyclic) bond motifs is 1. The fraction of sp³-hybridized carbons (Fsp3) is 0.350. The number of thioether (sulfide) groups is 1. The number of nitrogens with zero attached hydrogens (tertiary/aromatic N) is 1. The first-order valence-electron chi connectivity index (χ1n) is 8.45. The van der Waals surface area contributed by atoms with Gasteiger partial charge in [0.1, 0.15) is 0 Å². The van der Waals surface area contributed by atoms with E-state index in [1.54, 1.807) is 0 Å². The van der Waals surface area contributed by atoms with Crippen LogP contribution in [0.3, 0.4) is 0 Å². The quantitative estimate of drug-likeness (QED) is 0.880. The number of para-hydroxylation sites is 1. The van der Waals surface area contributed by atoms with Gasteiger partial charge in [0.2, 0.25) is 5.91 Å². The summed E-state index contributed by atoms with van der Waals surface area (Å²) in [6.07, 6.45) is 1.11. The lowest BCUT2D eigenvalue weighted by Gasteiger charge is -2.34. The van der Waals surface area contributed by atoms with Gasteiger partial charge in [-0.1, -0.05) is 31.2 Å². The first kappa shape index (κ1) is 16.9. The van der Waals surface area contributed by atoms with E-state index in [2.05, 4.69) is 48.3 Å². The number of nitrogens with one attached hydrogen (secondary N) is 1. The van der Waals surface area contributed by atoms with E-state index in [-0.39, 0.29) is 5.91 Å².